The SMILES string of the molecule is O=S(=O)(c1ccccc1)n1ccc2c(F)cc(Cl)cc21. The van der Waals surface area contributed by atoms with Crippen LogP contribution in [-0.4, -0.2) is 12.4 Å². The molecule has 0 aliphatic heterocycles. The van der Waals surface area contributed by atoms with Crippen molar-refractivity contribution in [2.24, 2.45) is 0 Å². The molecule has 2 aromatic carbocycles. The van der Waals surface area contributed by atoms with Crippen LogP contribution in [0.5, 0.6) is 0 Å². The van der Waals surface area contributed by atoms with E-state index in [1.165, 1.54) is 30.5 Å². The Hall–Kier alpha value is -1.85. The van der Waals surface area contributed by atoms with Gasteiger partial charge in [0, 0.05) is 16.6 Å². The molecule has 0 amide bonds. The summed E-state index contributed by atoms with van der Waals surface area (Å²) in [6.07, 6.45) is 1.33. The Labute approximate surface area is 120 Å². The maximum atomic E-state index is 13.8. The lowest BCUT2D eigenvalue weighted by Crippen LogP contribution is -2.11. The van der Waals surface area contributed by atoms with Crippen molar-refractivity contribution in [3.05, 3.63) is 65.6 Å². The van der Waals surface area contributed by atoms with E-state index < -0.39 is 15.8 Å². The van der Waals surface area contributed by atoms with Gasteiger partial charge in [-0.05, 0) is 30.3 Å². The van der Waals surface area contributed by atoms with Gasteiger partial charge in [0.2, 0.25) is 0 Å². The second kappa shape index (κ2) is 4.61. The largest absolute Gasteiger partial charge is 0.268 e. The van der Waals surface area contributed by atoms with Crippen LogP contribution < -0.4 is 0 Å². The summed E-state index contributed by atoms with van der Waals surface area (Å²) in [7, 11) is -3.76. The molecule has 102 valence electrons. The zero-order valence-corrected chi connectivity index (χ0v) is 11.7. The molecule has 0 unspecified atom stereocenters. The molecule has 0 aliphatic rings. The van der Waals surface area contributed by atoms with Crippen molar-refractivity contribution >= 4 is 32.5 Å². The van der Waals surface area contributed by atoms with Gasteiger partial charge in [0.05, 0.1) is 10.4 Å². The summed E-state index contributed by atoms with van der Waals surface area (Å²) >= 11 is 5.80. The summed E-state index contributed by atoms with van der Waals surface area (Å²) in [4.78, 5) is 0.137. The third kappa shape index (κ3) is 1.99. The molecule has 0 N–H and O–H groups in total. The summed E-state index contributed by atoms with van der Waals surface area (Å²) in [5, 5.41) is 0.368. The second-order valence-electron chi connectivity index (χ2n) is 4.25. The number of fused-ring (bicyclic) bond motifs is 1. The van der Waals surface area contributed by atoms with Crippen LogP contribution in [0.25, 0.3) is 10.9 Å². The fourth-order valence-corrected chi connectivity index (χ4v) is 3.62. The molecule has 0 aliphatic carbocycles. The monoisotopic (exact) mass is 309 g/mol. The van der Waals surface area contributed by atoms with Crippen molar-refractivity contribution in [2.75, 3.05) is 0 Å². The topological polar surface area (TPSA) is 39.1 Å². The van der Waals surface area contributed by atoms with Gasteiger partial charge in [0.25, 0.3) is 10.0 Å². The fourth-order valence-electron chi connectivity index (χ4n) is 2.06. The minimum absolute atomic E-state index is 0.137. The maximum absolute atomic E-state index is 13.8. The van der Waals surface area contributed by atoms with E-state index in [0.29, 0.717) is 0 Å². The number of aromatic nitrogens is 1. The van der Waals surface area contributed by atoms with E-state index in [4.69, 9.17) is 11.6 Å². The first kappa shape index (κ1) is 13.1. The van der Waals surface area contributed by atoms with Crippen LogP contribution in [0.15, 0.2) is 59.6 Å². The van der Waals surface area contributed by atoms with E-state index in [2.05, 4.69) is 0 Å². The summed E-state index contributed by atoms with van der Waals surface area (Å²) in [6, 6.07) is 12.0. The number of hydrogen-bond donors (Lipinski definition) is 0. The van der Waals surface area contributed by atoms with E-state index >= 15 is 0 Å². The van der Waals surface area contributed by atoms with E-state index in [9.17, 15) is 12.8 Å². The van der Waals surface area contributed by atoms with E-state index in [1.54, 1.807) is 18.2 Å². The van der Waals surface area contributed by atoms with Crippen molar-refractivity contribution in [3.8, 4) is 0 Å². The molecule has 1 heterocycles. The molecule has 3 nitrogen and oxygen atoms in total. The lowest BCUT2D eigenvalue weighted by atomic mass is 10.2. The molecule has 0 radical (unpaired) electrons. The predicted octanol–water partition coefficient (Wildman–Crippen LogP) is 3.67. The molecular formula is C14H9ClFNO2S. The Morgan fingerprint density at radius 1 is 1.05 bits per heavy atom. The van der Waals surface area contributed by atoms with Gasteiger partial charge in [-0.3, -0.25) is 0 Å². The highest BCUT2D eigenvalue weighted by molar-refractivity contribution is 7.90. The van der Waals surface area contributed by atoms with E-state index in [1.807, 2.05) is 0 Å². The number of nitrogens with zero attached hydrogens (tertiary/aromatic N) is 1. The molecule has 20 heavy (non-hydrogen) atoms. The maximum Gasteiger partial charge on any atom is 0.268 e. The Morgan fingerprint density at radius 3 is 2.45 bits per heavy atom. The lowest BCUT2D eigenvalue weighted by Gasteiger charge is -2.07. The molecule has 3 aromatic rings. The van der Waals surface area contributed by atoms with Crippen molar-refractivity contribution in [3.63, 3.8) is 0 Å². The molecule has 0 bridgehead atoms. The van der Waals surface area contributed by atoms with Crippen molar-refractivity contribution in [1.29, 1.82) is 0 Å². The first-order chi connectivity index (χ1) is 9.50. The normalized spacial score (nSPS) is 11.9. The number of benzene rings is 2. The average Bonchev–Trinajstić information content (AvgIpc) is 2.84. The quantitative estimate of drug-likeness (QED) is 0.724. The lowest BCUT2D eigenvalue weighted by molar-refractivity contribution is 0.589. The first-order valence-electron chi connectivity index (χ1n) is 5.77. The summed E-state index contributed by atoms with van der Waals surface area (Å²) in [5.41, 5.74) is 0.221. The second-order valence-corrected chi connectivity index (χ2v) is 6.50. The van der Waals surface area contributed by atoms with Crippen LogP contribution in [0.4, 0.5) is 4.39 Å². The molecule has 3 rings (SSSR count). The van der Waals surface area contributed by atoms with Gasteiger partial charge in [-0.25, -0.2) is 16.8 Å². The van der Waals surface area contributed by atoms with Crippen molar-refractivity contribution < 1.29 is 12.8 Å². The van der Waals surface area contributed by atoms with Crippen LogP contribution >= 0.6 is 11.6 Å². The molecule has 6 heteroatoms. The minimum Gasteiger partial charge on any atom is -0.241 e. The van der Waals surface area contributed by atoms with Gasteiger partial charge in [0.1, 0.15) is 5.82 Å². The van der Waals surface area contributed by atoms with Crippen LogP contribution in [0.1, 0.15) is 0 Å². The van der Waals surface area contributed by atoms with Crippen LogP contribution in [0.3, 0.4) is 0 Å². The molecular weight excluding hydrogens is 301 g/mol. The zero-order chi connectivity index (χ0) is 14.3. The molecule has 0 fully saturated rings. The average molecular weight is 310 g/mol. The Bertz CT molecular complexity index is 888. The molecule has 0 saturated heterocycles. The van der Waals surface area contributed by atoms with E-state index in [-0.39, 0.29) is 20.8 Å². The van der Waals surface area contributed by atoms with Crippen LogP contribution in [0, 0.1) is 5.82 Å². The molecule has 0 saturated carbocycles. The Balaban J connectivity index is 2.31. The number of rotatable bonds is 2. The van der Waals surface area contributed by atoms with Crippen molar-refractivity contribution in [1.82, 2.24) is 3.97 Å². The van der Waals surface area contributed by atoms with E-state index in [0.717, 1.165) is 10.0 Å². The van der Waals surface area contributed by atoms with Gasteiger partial charge in [-0.1, -0.05) is 29.8 Å². The van der Waals surface area contributed by atoms with Crippen molar-refractivity contribution in [2.45, 2.75) is 4.90 Å². The number of hydrogen-bond acceptors (Lipinski definition) is 2. The number of halogens is 2. The highest BCUT2D eigenvalue weighted by Gasteiger charge is 2.19. The summed E-state index contributed by atoms with van der Waals surface area (Å²) < 4.78 is 39.9. The first-order valence-corrected chi connectivity index (χ1v) is 7.59. The molecule has 0 spiro atoms. The summed E-state index contributed by atoms with van der Waals surface area (Å²) in [6.45, 7) is 0. The smallest absolute Gasteiger partial charge is 0.241 e. The van der Waals surface area contributed by atoms with Gasteiger partial charge in [-0.15, -0.1) is 0 Å². The van der Waals surface area contributed by atoms with Gasteiger partial charge < -0.3 is 0 Å². The minimum atomic E-state index is -3.76. The fraction of sp³-hybridized carbons (Fsp3) is 0. The zero-order valence-electron chi connectivity index (χ0n) is 10.1. The highest BCUT2D eigenvalue weighted by Crippen LogP contribution is 2.27. The highest BCUT2D eigenvalue weighted by atomic mass is 35.5. The Kier molecular flexibility index (Phi) is 3.03. The van der Waals surface area contributed by atoms with Crippen LogP contribution in [0.2, 0.25) is 5.02 Å². The van der Waals surface area contributed by atoms with Gasteiger partial charge >= 0.3 is 0 Å². The van der Waals surface area contributed by atoms with Crippen LogP contribution in [-0.2, 0) is 10.0 Å². The van der Waals surface area contributed by atoms with Gasteiger partial charge in [0.15, 0.2) is 0 Å². The predicted molar refractivity (Wildman–Crippen MR) is 75.9 cm³/mol. The van der Waals surface area contributed by atoms with Gasteiger partial charge in [-0.2, -0.15) is 0 Å². The Morgan fingerprint density at radius 2 is 1.75 bits per heavy atom. The third-order valence-electron chi connectivity index (χ3n) is 2.99. The molecule has 0 atom stereocenters. The standard InChI is InChI=1S/C14H9ClFNO2S/c15-10-8-13(16)12-6-7-17(14(12)9-10)20(18,19)11-4-2-1-3-5-11/h1-9H. The third-order valence-corrected chi connectivity index (χ3v) is 4.91. The molecule has 1 aromatic heterocycles. The summed E-state index contributed by atoms with van der Waals surface area (Å²) in [5.74, 6) is -0.547.